The van der Waals surface area contributed by atoms with Crippen LogP contribution in [0.5, 0.6) is 0 Å². The molecule has 1 fully saturated rings. The number of hydrogen-bond acceptors (Lipinski definition) is 5. The molecule has 6 heteroatoms. The van der Waals surface area contributed by atoms with E-state index in [0.717, 1.165) is 29.5 Å². The van der Waals surface area contributed by atoms with Gasteiger partial charge in [0.05, 0.1) is 17.9 Å². The zero-order chi connectivity index (χ0) is 13.2. The molecule has 19 heavy (non-hydrogen) atoms. The van der Waals surface area contributed by atoms with Crippen molar-refractivity contribution < 1.29 is 9.26 Å². The van der Waals surface area contributed by atoms with Crippen LogP contribution in [0, 0.1) is 0 Å². The molecule has 1 aromatic heterocycles. The molecule has 0 spiro atoms. The average molecular weight is 324 g/mol. The van der Waals surface area contributed by atoms with Gasteiger partial charge in [-0.3, -0.25) is 0 Å². The lowest BCUT2D eigenvalue weighted by Gasteiger charge is -2.18. The van der Waals surface area contributed by atoms with Crippen LogP contribution in [0.4, 0.5) is 5.69 Å². The Morgan fingerprint density at radius 1 is 1.37 bits per heavy atom. The van der Waals surface area contributed by atoms with Crippen molar-refractivity contribution in [2.45, 2.75) is 18.8 Å². The van der Waals surface area contributed by atoms with Crippen LogP contribution in [0.25, 0.3) is 11.5 Å². The number of halogens is 1. The zero-order valence-electron chi connectivity index (χ0n) is 10.3. The molecule has 1 atom stereocenters. The fourth-order valence-electron chi connectivity index (χ4n) is 2.18. The second-order valence-electron chi connectivity index (χ2n) is 4.57. The Labute approximate surface area is 119 Å². The largest absolute Gasteiger partial charge is 0.397 e. The van der Waals surface area contributed by atoms with E-state index in [0.29, 0.717) is 24.0 Å². The van der Waals surface area contributed by atoms with E-state index in [-0.39, 0.29) is 5.92 Å². The normalized spacial score (nSPS) is 19.5. The van der Waals surface area contributed by atoms with Gasteiger partial charge in [0.1, 0.15) is 0 Å². The first-order chi connectivity index (χ1) is 9.25. The smallest absolute Gasteiger partial charge is 0.260 e. The van der Waals surface area contributed by atoms with Gasteiger partial charge < -0.3 is 15.0 Å². The van der Waals surface area contributed by atoms with Crippen molar-refractivity contribution >= 4 is 21.6 Å². The molecule has 100 valence electrons. The van der Waals surface area contributed by atoms with E-state index in [1.807, 2.05) is 18.2 Å². The number of anilines is 1. The van der Waals surface area contributed by atoms with Gasteiger partial charge in [-0.2, -0.15) is 4.98 Å². The van der Waals surface area contributed by atoms with Gasteiger partial charge in [-0.25, -0.2) is 0 Å². The van der Waals surface area contributed by atoms with Gasteiger partial charge in [-0.1, -0.05) is 11.2 Å². The Morgan fingerprint density at radius 2 is 2.26 bits per heavy atom. The fraction of sp³-hybridized carbons (Fsp3) is 0.385. The monoisotopic (exact) mass is 323 g/mol. The summed E-state index contributed by atoms with van der Waals surface area (Å²) >= 11 is 3.39. The number of nitrogens with two attached hydrogens (primary N) is 1. The highest BCUT2D eigenvalue weighted by Gasteiger charge is 2.22. The molecule has 1 aliphatic rings. The lowest BCUT2D eigenvalue weighted by molar-refractivity contribution is 0.0773. The van der Waals surface area contributed by atoms with E-state index in [4.69, 9.17) is 15.0 Å². The maximum absolute atomic E-state index is 6.00. The number of nitrogen functional groups attached to an aromatic ring is 1. The zero-order valence-corrected chi connectivity index (χ0v) is 11.9. The number of para-hydroxylation sites is 1. The highest BCUT2D eigenvalue weighted by Crippen LogP contribution is 2.32. The molecule has 0 aliphatic carbocycles. The topological polar surface area (TPSA) is 74.2 Å². The summed E-state index contributed by atoms with van der Waals surface area (Å²) in [5.41, 5.74) is 7.37. The summed E-state index contributed by atoms with van der Waals surface area (Å²) in [4.78, 5) is 4.45. The summed E-state index contributed by atoms with van der Waals surface area (Å²) in [6.45, 7) is 1.48. The van der Waals surface area contributed by atoms with Crippen molar-refractivity contribution in [3.05, 3.63) is 28.5 Å². The molecular weight excluding hydrogens is 310 g/mol. The van der Waals surface area contributed by atoms with Crippen molar-refractivity contribution in [1.82, 2.24) is 10.1 Å². The lowest BCUT2D eigenvalue weighted by Crippen LogP contribution is -2.16. The Bertz CT molecular complexity index is 579. The summed E-state index contributed by atoms with van der Waals surface area (Å²) in [5.74, 6) is 1.38. The summed E-state index contributed by atoms with van der Waals surface area (Å²) in [5, 5.41) is 4.05. The van der Waals surface area contributed by atoms with Crippen LogP contribution in [0.2, 0.25) is 0 Å². The van der Waals surface area contributed by atoms with Crippen molar-refractivity contribution in [2.24, 2.45) is 0 Å². The Morgan fingerprint density at radius 3 is 3.05 bits per heavy atom. The number of ether oxygens (including phenoxy) is 1. The van der Waals surface area contributed by atoms with Crippen molar-refractivity contribution in [3.63, 3.8) is 0 Å². The van der Waals surface area contributed by atoms with Gasteiger partial charge in [0.25, 0.3) is 5.89 Å². The van der Waals surface area contributed by atoms with E-state index >= 15 is 0 Å². The third kappa shape index (κ3) is 2.50. The summed E-state index contributed by atoms with van der Waals surface area (Å²) in [6, 6.07) is 5.64. The van der Waals surface area contributed by atoms with Gasteiger partial charge in [0.2, 0.25) is 0 Å². The minimum Gasteiger partial charge on any atom is -0.397 e. The Hall–Kier alpha value is -1.40. The maximum atomic E-state index is 6.00. The molecule has 1 aliphatic heterocycles. The predicted octanol–water partition coefficient (Wildman–Crippen LogP) is 2.98. The van der Waals surface area contributed by atoms with Crippen LogP contribution in [0.15, 0.2) is 27.2 Å². The van der Waals surface area contributed by atoms with E-state index < -0.39 is 0 Å². The summed E-state index contributed by atoms with van der Waals surface area (Å²) < 4.78 is 11.6. The third-order valence-electron chi connectivity index (χ3n) is 3.25. The fourth-order valence-corrected chi connectivity index (χ4v) is 2.54. The van der Waals surface area contributed by atoms with E-state index in [1.165, 1.54) is 0 Å². The van der Waals surface area contributed by atoms with Crippen molar-refractivity contribution in [1.29, 1.82) is 0 Å². The lowest BCUT2D eigenvalue weighted by atomic mass is 10.0. The van der Waals surface area contributed by atoms with Crippen LogP contribution in [0.3, 0.4) is 0 Å². The average Bonchev–Trinajstić information content (AvgIpc) is 2.92. The molecule has 5 nitrogen and oxygen atoms in total. The first-order valence-corrected chi connectivity index (χ1v) is 7.00. The Kier molecular flexibility index (Phi) is 3.52. The van der Waals surface area contributed by atoms with Crippen LogP contribution in [-0.2, 0) is 4.74 Å². The highest BCUT2D eigenvalue weighted by molar-refractivity contribution is 9.10. The molecule has 2 aromatic rings. The standard InChI is InChI=1S/C13H14BrN3O2/c14-10-5-1-4-9(11(10)15)13-16-12(17-19-13)8-3-2-6-18-7-8/h1,4-5,8H,2-3,6-7,15H2. The van der Waals surface area contributed by atoms with Crippen LogP contribution in [0.1, 0.15) is 24.6 Å². The quantitative estimate of drug-likeness (QED) is 0.860. The summed E-state index contributed by atoms with van der Waals surface area (Å²) in [6.07, 6.45) is 2.07. The molecule has 0 radical (unpaired) electrons. The van der Waals surface area contributed by atoms with Gasteiger partial charge in [-0.15, -0.1) is 0 Å². The van der Waals surface area contributed by atoms with Gasteiger partial charge in [0, 0.05) is 17.0 Å². The molecule has 1 saturated heterocycles. The van der Waals surface area contributed by atoms with Crippen molar-refractivity contribution in [3.8, 4) is 11.5 Å². The first-order valence-electron chi connectivity index (χ1n) is 6.21. The molecule has 1 unspecified atom stereocenters. The molecular formula is C13H14BrN3O2. The maximum Gasteiger partial charge on any atom is 0.260 e. The minimum absolute atomic E-state index is 0.222. The van der Waals surface area contributed by atoms with Gasteiger partial charge >= 0.3 is 0 Å². The van der Waals surface area contributed by atoms with E-state index in [2.05, 4.69) is 26.1 Å². The summed E-state index contributed by atoms with van der Waals surface area (Å²) in [7, 11) is 0. The Balaban J connectivity index is 1.90. The third-order valence-corrected chi connectivity index (χ3v) is 3.94. The molecule has 0 amide bonds. The van der Waals surface area contributed by atoms with Gasteiger partial charge in [-0.05, 0) is 40.9 Å². The van der Waals surface area contributed by atoms with Crippen LogP contribution >= 0.6 is 15.9 Å². The van der Waals surface area contributed by atoms with Crippen LogP contribution < -0.4 is 5.73 Å². The second kappa shape index (κ2) is 5.30. The van der Waals surface area contributed by atoms with Crippen LogP contribution in [-0.4, -0.2) is 23.4 Å². The molecule has 2 heterocycles. The SMILES string of the molecule is Nc1c(Br)cccc1-c1nc(C2CCCOC2)no1. The number of rotatable bonds is 2. The number of aromatic nitrogens is 2. The minimum atomic E-state index is 0.222. The molecule has 0 saturated carbocycles. The van der Waals surface area contributed by atoms with Crippen molar-refractivity contribution in [2.75, 3.05) is 18.9 Å². The second-order valence-corrected chi connectivity index (χ2v) is 5.43. The predicted molar refractivity (Wildman–Crippen MR) is 74.6 cm³/mol. The highest BCUT2D eigenvalue weighted by atomic mass is 79.9. The molecule has 1 aromatic carbocycles. The molecule has 2 N–H and O–H groups in total. The number of nitrogens with zero attached hydrogens (tertiary/aromatic N) is 2. The van der Waals surface area contributed by atoms with E-state index in [9.17, 15) is 0 Å². The van der Waals surface area contributed by atoms with Gasteiger partial charge in [0.15, 0.2) is 5.82 Å². The van der Waals surface area contributed by atoms with E-state index in [1.54, 1.807) is 0 Å². The first kappa shape index (κ1) is 12.6. The number of benzene rings is 1. The number of hydrogen-bond donors (Lipinski definition) is 1. The molecule has 3 rings (SSSR count). The molecule has 0 bridgehead atoms.